The Labute approximate surface area is 105 Å². The Morgan fingerprint density at radius 3 is 1.56 bits per heavy atom. The highest BCUT2D eigenvalue weighted by Gasteiger charge is 2.42. The standard InChI is InChI=1S/C13H20F4O/c14-13(15,16)11-5-1-9(2-6-11)10-3-7-12(18-17)8-4-10/h9-12H,1-8H2. The zero-order valence-corrected chi connectivity index (χ0v) is 10.4. The maximum Gasteiger partial charge on any atom is 0.391 e. The summed E-state index contributed by atoms with van der Waals surface area (Å²) in [6.45, 7) is 0. The molecule has 0 aromatic carbocycles. The second-order valence-electron chi connectivity index (χ2n) is 5.78. The van der Waals surface area contributed by atoms with E-state index in [4.69, 9.17) is 0 Å². The van der Waals surface area contributed by atoms with E-state index in [2.05, 4.69) is 4.94 Å². The normalized spacial score (nSPS) is 38.7. The molecule has 1 nitrogen and oxygen atoms in total. The lowest BCUT2D eigenvalue weighted by Crippen LogP contribution is -2.32. The molecule has 5 heteroatoms. The van der Waals surface area contributed by atoms with Crippen molar-refractivity contribution in [1.29, 1.82) is 0 Å². The predicted molar refractivity (Wildman–Crippen MR) is 59.4 cm³/mol. The number of hydrogen-bond acceptors (Lipinski definition) is 1. The Hall–Kier alpha value is -0.320. The van der Waals surface area contributed by atoms with Crippen molar-refractivity contribution in [2.75, 3.05) is 0 Å². The summed E-state index contributed by atoms with van der Waals surface area (Å²) in [6, 6.07) is 0. The molecule has 0 aliphatic heterocycles. The SMILES string of the molecule is FOC1CCC(C2CCC(C(F)(F)F)CC2)CC1. The van der Waals surface area contributed by atoms with Crippen LogP contribution in [0.15, 0.2) is 0 Å². The maximum atomic E-state index is 12.5. The van der Waals surface area contributed by atoms with Gasteiger partial charge in [0.1, 0.15) is 0 Å². The van der Waals surface area contributed by atoms with Crippen molar-refractivity contribution in [1.82, 2.24) is 0 Å². The summed E-state index contributed by atoms with van der Waals surface area (Å²) in [5.74, 6) is -0.214. The Bertz CT molecular complexity index is 250. The van der Waals surface area contributed by atoms with Gasteiger partial charge in [0, 0.05) is 0 Å². The van der Waals surface area contributed by atoms with Gasteiger partial charge in [-0.2, -0.15) is 18.1 Å². The minimum Gasteiger partial charge on any atom is -0.191 e. The van der Waals surface area contributed by atoms with Gasteiger partial charge in [-0.25, -0.2) is 0 Å². The Kier molecular flexibility index (Phi) is 4.51. The molecule has 0 heterocycles. The van der Waals surface area contributed by atoms with Crippen LogP contribution < -0.4 is 0 Å². The van der Waals surface area contributed by atoms with Crippen LogP contribution in [-0.4, -0.2) is 12.3 Å². The first kappa shape index (κ1) is 14.1. The quantitative estimate of drug-likeness (QED) is 0.653. The molecule has 0 amide bonds. The fourth-order valence-electron chi connectivity index (χ4n) is 3.57. The smallest absolute Gasteiger partial charge is 0.191 e. The molecule has 0 unspecified atom stereocenters. The van der Waals surface area contributed by atoms with Crippen LogP contribution in [0.5, 0.6) is 0 Å². The third kappa shape index (κ3) is 3.37. The average molecular weight is 268 g/mol. The van der Waals surface area contributed by atoms with E-state index in [-0.39, 0.29) is 18.9 Å². The monoisotopic (exact) mass is 268 g/mol. The molecule has 0 N–H and O–H groups in total. The van der Waals surface area contributed by atoms with Gasteiger partial charge in [0.15, 0.2) is 0 Å². The molecule has 18 heavy (non-hydrogen) atoms. The number of alkyl halides is 3. The fourth-order valence-corrected chi connectivity index (χ4v) is 3.57. The van der Waals surface area contributed by atoms with Crippen molar-refractivity contribution in [3.63, 3.8) is 0 Å². The summed E-state index contributed by atoms with van der Waals surface area (Å²) in [6.07, 6.45) is 0.804. The summed E-state index contributed by atoms with van der Waals surface area (Å²) in [5, 5.41) is 0. The van der Waals surface area contributed by atoms with Crippen molar-refractivity contribution in [2.45, 2.75) is 63.6 Å². The molecule has 0 spiro atoms. The molecule has 0 radical (unpaired) electrons. The van der Waals surface area contributed by atoms with Gasteiger partial charge in [0.25, 0.3) is 0 Å². The van der Waals surface area contributed by atoms with Crippen LogP contribution in [0, 0.1) is 17.8 Å². The topological polar surface area (TPSA) is 9.23 Å². The summed E-state index contributed by atoms with van der Waals surface area (Å²) in [5.41, 5.74) is 0. The van der Waals surface area contributed by atoms with Gasteiger partial charge in [-0.15, -0.1) is 0 Å². The minimum atomic E-state index is -4.02. The fraction of sp³-hybridized carbons (Fsp3) is 1.00. The van der Waals surface area contributed by atoms with Crippen molar-refractivity contribution < 1.29 is 22.6 Å². The third-order valence-corrected chi connectivity index (χ3v) is 4.75. The molecule has 2 rings (SSSR count). The highest BCUT2D eigenvalue weighted by Crippen LogP contribution is 2.44. The van der Waals surface area contributed by atoms with Crippen LogP contribution in [0.25, 0.3) is 0 Å². The summed E-state index contributed by atoms with van der Waals surface area (Å²) < 4.78 is 49.7. The minimum absolute atomic E-state index is 0.272. The van der Waals surface area contributed by atoms with E-state index in [1.165, 1.54) is 0 Å². The van der Waals surface area contributed by atoms with Crippen LogP contribution in [0.1, 0.15) is 51.4 Å². The first-order chi connectivity index (χ1) is 8.50. The van der Waals surface area contributed by atoms with Crippen molar-refractivity contribution >= 4 is 0 Å². The number of rotatable bonds is 2. The first-order valence-electron chi connectivity index (χ1n) is 6.84. The van der Waals surface area contributed by atoms with Crippen LogP contribution in [0.3, 0.4) is 0 Å². The Morgan fingerprint density at radius 1 is 0.722 bits per heavy atom. The molecule has 0 atom stereocenters. The lowest BCUT2D eigenvalue weighted by Gasteiger charge is -2.37. The molecular formula is C13H20F4O. The second-order valence-corrected chi connectivity index (χ2v) is 5.78. The van der Waals surface area contributed by atoms with Crippen LogP contribution in [-0.2, 0) is 4.94 Å². The van der Waals surface area contributed by atoms with Crippen molar-refractivity contribution in [2.24, 2.45) is 17.8 Å². The molecule has 2 fully saturated rings. The number of halogens is 4. The van der Waals surface area contributed by atoms with Crippen molar-refractivity contribution in [3.8, 4) is 0 Å². The molecule has 106 valence electrons. The van der Waals surface area contributed by atoms with Crippen LogP contribution in [0.2, 0.25) is 0 Å². The van der Waals surface area contributed by atoms with E-state index in [0.29, 0.717) is 37.5 Å². The highest BCUT2D eigenvalue weighted by molar-refractivity contribution is 4.83. The molecule has 2 aliphatic rings. The molecule has 0 aromatic rings. The van der Waals surface area contributed by atoms with E-state index < -0.39 is 12.1 Å². The highest BCUT2D eigenvalue weighted by atomic mass is 19.4. The Morgan fingerprint density at radius 2 is 1.17 bits per heavy atom. The molecule has 0 aromatic heterocycles. The van der Waals surface area contributed by atoms with Gasteiger partial charge >= 0.3 is 6.18 Å². The number of hydrogen-bond donors (Lipinski definition) is 0. The first-order valence-corrected chi connectivity index (χ1v) is 6.84. The van der Waals surface area contributed by atoms with Gasteiger partial charge in [0.2, 0.25) is 0 Å². The van der Waals surface area contributed by atoms with E-state index >= 15 is 0 Å². The van der Waals surface area contributed by atoms with Crippen LogP contribution >= 0.6 is 0 Å². The Balaban J connectivity index is 1.77. The molecule has 2 aliphatic carbocycles. The van der Waals surface area contributed by atoms with E-state index in [1.54, 1.807) is 0 Å². The predicted octanol–water partition coefficient (Wildman–Crippen LogP) is 4.82. The maximum absolute atomic E-state index is 12.5. The summed E-state index contributed by atoms with van der Waals surface area (Å²) in [4.78, 5) is 3.84. The van der Waals surface area contributed by atoms with Gasteiger partial charge in [-0.05, 0) is 67.7 Å². The van der Waals surface area contributed by atoms with Gasteiger partial charge in [-0.1, -0.05) is 0 Å². The van der Waals surface area contributed by atoms with E-state index in [9.17, 15) is 17.7 Å². The summed E-state index contributed by atoms with van der Waals surface area (Å²) >= 11 is 0. The summed E-state index contributed by atoms with van der Waals surface area (Å²) in [7, 11) is 0. The van der Waals surface area contributed by atoms with Gasteiger partial charge < -0.3 is 0 Å². The zero-order chi connectivity index (χ0) is 13.2. The molecule has 2 saturated carbocycles. The van der Waals surface area contributed by atoms with Gasteiger partial charge in [-0.3, -0.25) is 0 Å². The van der Waals surface area contributed by atoms with E-state index in [1.807, 2.05) is 0 Å². The lowest BCUT2D eigenvalue weighted by atomic mass is 9.70. The average Bonchev–Trinajstić information content (AvgIpc) is 2.38. The largest absolute Gasteiger partial charge is 0.391 e. The molecular weight excluding hydrogens is 248 g/mol. The second kappa shape index (κ2) is 5.76. The zero-order valence-electron chi connectivity index (χ0n) is 10.4. The third-order valence-electron chi connectivity index (χ3n) is 4.75. The lowest BCUT2D eigenvalue weighted by molar-refractivity contribution is -0.194. The van der Waals surface area contributed by atoms with E-state index in [0.717, 1.165) is 12.8 Å². The van der Waals surface area contributed by atoms with Crippen LogP contribution in [0.4, 0.5) is 17.7 Å². The van der Waals surface area contributed by atoms with Gasteiger partial charge in [0.05, 0.1) is 12.0 Å². The van der Waals surface area contributed by atoms with Crippen molar-refractivity contribution in [3.05, 3.63) is 0 Å². The molecule has 0 bridgehead atoms. The molecule has 0 saturated heterocycles.